The normalized spacial score (nSPS) is 13.0. The Balaban J connectivity index is 1.56. The number of ether oxygens (including phenoxy) is 2. The molecule has 1 aliphatic rings. The predicted octanol–water partition coefficient (Wildman–Crippen LogP) is 4.60. The third-order valence-corrected chi connectivity index (χ3v) is 5.45. The smallest absolute Gasteiger partial charge is 0.195 e. The van der Waals surface area contributed by atoms with Crippen LogP contribution in [0.25, 0.3) is 5.69 Å². The van der Waals surface area contributed by atoms with Gasteiger partial charge in [-0.1, -0.05) is 41.1 Å². The molecule has 0 bridgehead atoms. The second kappa shape index (κ2) is 7.21. The van der Waals surface area contributed by atoms with Crippen molar-refractivity contribution in [2.75, 3.05) is 13.2 Å². The molecule has 7 heteroatoms. The molecule has 0 saturated heterocycles. The lowest BCUT2D eigenvalue weighted by Crippen LogP contribution is -2.15. The van der Waals surface area contributed by atoms with Crippen molar-refractivity contribution in [2.45, 2.75) is 24.8 Å². The molecule has 3 aromatic rings. The molecular weight excluding hydrogens is 370 g/mol. The molecule has 0 N–H and O–H groups in total. The Morgan fingerprint density at radius 3 is 2.85 bits per heavy atom. The van der Waals surface area contributed by atoms with Gasteiger partial charge in [0.25, 0.3) is 0 Å². The van der Waals surface area contributed by atoms with Crippen molar-refractivity contribution in [3.8, 4) is 17.2 Å². The largest absolute Gasteiger partial charge is 0.486 e. The molecule has 0 amide bonds. The molecule has 0 spiro atoms. The summed E-state index contributed by atoms with van der Waals surface area (Å²) in [7, 11) is 0. The zero-order valence-corrected chi connectivity index (χ0v) is 16.1. The molecule has 0 aliphatic carbocycles. The van der Waals surface area contributed by atoms with Crippen LogP contribution in [0.3, 0.4) is 0 Å². The van der Waals surface area contributed by atoms with Gasteiger partial charge in [0.15, 0.2) is 16.7 Å². The maximum absolute atomic E-state index is 6.32. The summed E-state index contributed by atoms with van der Waals surface area (Å²) in [4.78, 5) is 0. The summed E-state index contributed by atoms with van der Waals surface area (Å²) in [6.07, 6.45) is 1.75. The van der Waals surface area contributed by atoms with Crippen molar-refractivity contribution in [3.05, 3.63) is 58.4 Å². The third-order valence-electron chi connectivity index (χ3n) is 4.15. The molecule has 2 heterocycles. The van der Waals surface area contributed by atoms with Crippen molar-refractivity contribution in [1.82, 2.24) is 14.8 Å². The Morgan fingerprint density at radius 1 is 1.15 bits per heavy atom. The molecule has 1 aromatic heterocycles. The van der Waals surface area contributed by atoms with Gasteiger partial charge in [-0.2, -0.15) is 0 Å². The maximum Gasteiger partial charge on any atom is 0.195 e. The molecule has 5 nitrogen and oxygen atoms in total. The van der Waals surface area contributed by atoms with Crippen molar-refractivity contribution in [3.63, 3.8) is 0 Å². The highest BCUT2D eigenvalue weighted by molar-refractivity contribution is 7.98. The van der Waals surface area contributed by atoms with Gasteiger partial charge in [0, 0.05) is 5.75 Å². The fourth-order valence-electron chi connectivity index (χ4n) is 2.96. The number of benzene rings is 2. The SMILES string of the molecule is Cc1ccc(-n2cnnc2SCc2cc(Cl)c3c(c2)OCCO3)c(C)c1. The standard InChI is InChI=1S/C19H18ClN3O2S/c1-12-3-4-16(13(2)7-12)23-11-21-22-19(23)26-10-14-8-15(20)18-17(9-14)24-5-6-25-18/h3-4,7-9,11H,5-6,10H2,1-2H3. The van der Waals surface area contributed by atoms with Gasteiger partial charge in [-0.05, 0) is 43.2 Å². The third kappa shape index (κ3) is 3.39. The number of aryl methyl sites for hydroxylation is 2. The van der Waals surface area contributed by atoms with Crippen molar-refractivity contribution in [1.29, 1.82) is 0 Å². The second-order valence-corrected chi connectivity index (χ2v) is 7.51. The number of rotatable bonds is 4. The summed E-state index contributed by atoms with van der Waals surface area (Å²) >= 11 is 7.93. The van der Waals surface area contributed by atoms with E-state index in [4.69, 9.17) is 21.1 Å². The highest BCUT2D eigenvalue weighted by atomic mass is 35.5. The van der Waals surface area contributed by atoms with E-state index in [9.17, 15) is 0 Å². The van der Waals surface area contributed by atoms with Crippen molar-refractivity contribution < 1.29 is 9.47 Å². The van der Waals surface area contributed by atoms with E-state index in [2.05, 4.69) is 42.2 Å². The number of hydrogen-bond acceptors (Lipinski definition) is 5. The molecule has 0 saturated carbocycles. The van der Waals surface area contributed by atoms with Gasteiger partial charge in [0.2, 0.25) is 0 Å². The van der Waals surface area contributed by atoms with Gasteiger partial charge < -0.3 is 9.47 Å². The molecule has 134 valence electrons. The van der Waals surface area contributed by atoms with E-state index < -0.39 is 0 Å². The predicted molar refractivity (Wildman–Crippen MR) is 103 cm³/mol. The molecular formula is C19H18ClN3O2S. The summed E-state index contributed by atoms with van der Waals surface area (Å²) in [5.74, 6) is 2.04. The zero-order valence-electron chi connectivity index (χ0n) is 14.5. The summed E-state index contributed by atoms with van der Waals surface area (Å²) in [6, 6.07) is 10.2. The lowest BCUT2D eigenvalue weighted by atomic mass is 10.1. The van der Waals surface area contributed by atoms with Crippen LogP contribution in [0, 0.1) is 13.8 Å². The van der Waals surface area contributed by atoms with Gasteiger partial charge in [0.05, 0.1) is 10.7 Å². The van der Waals surface area contributed by atoms with Crippen molar-refractivity contribution in [2.24, 2.45) is 0 Å². The molecule has 4 rings (SSSR count). The molecule has 0 radical (unpaired) electrons. The molecule has 1 aliphatic heterocycles. The lowest BCUT2D eigenvalue weighted by molar-refractivity contribution is 0.171. The Morgan fingerprint density at radius 2 is 2.00 bits per heavy atom. The summed E-state index contributed by atoms with van der Waals surface area (Å²) < 4.78 is 13.2. The minimum atomic E-state index is 0.528. The first-order valence-corrected chi connectivity index (χ1v) is 9.66. The zero-order chi connectivity index (χ0) is 18.1. The molecule has 2 aromatic carbocycles. The van der Waals surface area contributed by atoms with E-state index in [-0.39, 0.29) is 0 Å². The topological polar surface area (TPSA) is 49.2 Å². The fourth-order valence-corrected chi connectivity index (χ4v) is 4.10. The quantitative estimate of drug-likeness (QED) is 0.612. The molecule has 0 unspecified atom stereocenters. The number of thioether (sulfide) groups is 1. The van der Waals surface area contributed by atoms with Gasteiger partial charge in [-0.3, -0.25) is 4.57 Å². The lowest BCUT2D eigenvalue weighted by Gasteiger charge is -2.20. The average Bonchev–Trinajstić information content (AvgIpc) is 3.08. The summed E-state index contributed by atoms with van der Waals surface area (Å²) in [5.41, 5.74) is 4.57. The number of hydrogen-bond donors (Lipinski definition) is 0. The number of nitrogens with zero attached hydrogens (tertiary/aromatic N) is 3. The fraction of sp³-hybridized carbons (Fsp3) is 0.263. The van der Waals surface area contributed by atoms with Crippen LogP contribution in [-0.2, 0) is 5.75 Å². The average molecular weight is 388 g/mol. The Bertz CT molecular complexity index is 958. The van der Waals surface area contributed by atoms with E-state index in [1.807, 2.05) is 16.7 Å². The van der Waals surface area contributed by atoms with Gasteiger partial charge >= 0.3 is 0 Å². The minimum absolute atomic E-state index is 0.528. The van der Waals surface area contributed by atoms with Crippen LogP contribution >= 0.6 is 23.4 Å². The summed E-state index contributed by atoms with van der Waals surface area (Å²) in [6.45, 7) is 5.25. The minimum Gasteiger partial charge on any atom is -0.486 e. The van der Waals surface area contributed by atoms with E-state index in [0.717, 1.165) is 16.4 Å². The van der Waals surface area contributed by atoms with Crippen LogP contribution in [0.1, 0.15) is 16.7 Å². The van der Waals surface area contributed by atoms with Gasteiger partial charge in [-0.15, -0.1) is 10.2 Å². The second-order valence-electron chi connectivity index (χ2n) is 6.16. The van der Waals surface area contributed by atoms with Gasteiger partial charge in [-0.25, -0.2) is 0 Å². The Kier molecular flexibility index (Phi) is 4.78. The number of fused-ring (bicyclic) bond motifs is 1. The van der Waals surface area contributed by atoms with Crippen LogP contribution in [0.4, 0.5) is 0 Å². The molecule has 0 fully saturated rings. The van der Waals surface area contributed by atoms with Crippen LogP contribution in [0.2, 0.25) is 5.02 Å². The van der Waals surface area contributed by atoms with E-state index >= 15 is 0 Å². The number of aromatic nitrogens is 3. The first-order chi connectivity index (χ1) is 12.6. The first kappa shape index (κ1) is 17.2. The van der Waals surface area contributed by atoms with E-state index in [1.165, 1.54) is 11.1 Å². The Hall–Kier alpha value is -2.18. The first-order valence-electron chi connectivity index (χ1n) is 8.30. The summed E-state index contributed by atoms with van der Waals surface area (Å²) in [5, 5.41) is 9.77. The van der Waals surface area contributed by atoms with Gasteiger partial charge in [0.1, 0.15) is 19.5 Å². The molecule has 0 atom stereocenters. The van der Waals surface area contributed by atoms with Crippen LogP contribution in [0.15, 0.2) is 41.8 Å². The maximum atomic E-state index is 6.32. The van der Waals surface area contributed by atoms with E-state index in [0.29, 0.717) is 35.5 Å². The monoisotopic (exact) mass is 387 g/mol. The van der Waals surface area contributed by atoms with Crippen molar-refractivity contribution >= 4 is 23.4 Å². The van der Waals surface area contributed by atoms with E-state index in [1.54, 1.807) is 18.1 Å². The number of halogens is 1. The molecule has 26 heavy (non-hydrogen) atoms. The van der Waals surface area contributed by atoms with Crippen LogP contribution < -0.4 is 9.47 Å². The highest BCUT2D eigenvalue weighted by Gasteiger charge is 2.17. The Labute approximate surface area is 161 Å². The highest BCUT2D eigenvalue weighted by Crippen LogP contribution is 2.39. The van der Waals surface area contributed by atoms with Crippen LogP contribution in [0.5, 0.6) is 11.5 Å². The van der Waals surface area contributed by atoms with Crippen LogP contribution in [-0.4, -0.2) is 28.0 Å².